The summed E-state index contributed by atoms with van der Waals surface area (Å²) < 4.78 is 4.74. The number of cyclic esters (lactones) is 1. The maximum absolute atomic E-state index is 10.8. The number of hydrogen-bond donors (Lipinski definition) is 2. The average molecular weight is 174 g/mol. The van der Waals surface area contributed by atoms with Gasteiger partial charge in [0.05, 0.1) is 13.2 Å². The van der Waals surface area contributed by atoms with Crippen LogP contribution in [0.25, 0.3) is 0 Å². The quantitative estimate of drug-likeness (QED) is 0.492. The Labute approximate surface area is 71.1 Å². The van der Waals surface area contributed by atoms with E-state index in [1.165, 1.54) is 0 Å². The van der Waals surface area contributed by atoms with Crippen LogP contribution in [-0.2, 0) is 9.53 Å². The SMILES string of the molecule is NC(CO)CN1CCOC(=O)C1. The average Bonchev–Trinajstić information content (AvgIpc) is 2.04. The first-order chi connectivity index (χ1) is 5.72. The topological polar surface area (TPSA) is 75.8 Å². The standard InChI is InChI=1S/C7H14N2O3/c8-6(5-10)3-9-1-2-12-7(11)4-9/h6,10H,1-5,8H2. The van der Waals surface area contributed by atoms with E-state index in [4.69, 9.17) is 15.6 Å². The number of ether oxygens (including phenoxy) is 1. The molecule has 0 aromatic carbocycles. The maximum Gasteiger partial charge on any atom is 0.320 e. The second kappa shape index (κ2) is 4.39. The molecular weight excluding hydrogens is 160 g/mol. The molecule has 3 N–H and O–H groups in total. The predicted octanol–water partition coefficient (Wildman–Crippen LogP) is -1.84. The van der Waals surface area contributed by atoms with E-state index in [0.29, 0.717) is 19.7 Å². The van der Waals surface area contributed by atoms with Crippen LogP contribution in [-0.4, -0.2) is 54.9 Å². The molecule has 1 heterocycles. The molecular formula is C7H14N2O3. The van der Waals surface area contributed by atoms with E-state index in [9.17, 15) is 4.79 Å². The smallest absolute Gasteiger partial charge is 0.320 e. The lowest BCUT2D eigenvalue weighted by atomic mass is 10.3. The molecule has 0 bridgehead atoms. The lowest BCUT2D eigenvalue weighted by Crippen LogP contribution is -2.46. The summed E-state index contributed by atoms with van der Waals surface area (Å²) >= 11 is 0. The molecule has 0 radical (unpaired) electrons. The monoisotopic (exact) mass is 174 g/mol. The number of hydrogen-bond acceptors (Lipinski definition) is 5. The largest absolute Gasteiger partial charge is 0.463 e. The molecule has 12 heavy (non-hydrogen) atoms. The number of nitrogens with two attached hydrogens (primary N) is 1. The summed E-state index contributed by atoms with van der Waals surface area (Å²) in [5, 5.41) is 8.66. The lowest BCUT2D eigenvalue weighted by Gasteiger charge is -2.27. The van der Waals surface area contributed by atoms with Crippen molar-refractivity contribution >= 4 is 5.97 Å². The fourth-order valence-electron chi connectivity index (χ4n) is 1.14. The van der Waals surface area contributed by atoms with E-state index in [-0.39, 0.29) is 25.2 Å². The highest BCUT2D eigenvalue weighted by Crippen LogP contribution is 1.98. The fraction of sp³-hybridized carbons (Fsp3) is 0.857. The number of aliphatic hydroxyl groups excluding tert-OH is 1. The van der Waals surface area contributed by atoms with Crippen LogP contribution in [0.1, 0.15) is 0 Å². The number of nitrogens with zero attached hydrogens (tertiary/aromatic N) is 1. The van der Waals surface area contributed by atoms with E-state index in [1.54, 1.807) is 0 Å². The van der Waals surface area contributed by atoms with Crippen molar-refractivity contribution in [2.24, 2.45) is 5.73 Å². The minimum atomic E-state index is -0.268. The van der Waals surface area contributed by atoms with E-state index < -0.39 is 0 Å². The van der Waals surface area contributed by atoms with Crippen LogP contribution in [0.4, 0.5) is 0 Å². The highest BCUT2D eigenvalue weighted by atomic mass is 16.5. The Hall–Kier alpha value is -0.650. The van der Waals surface area contributed by atoms with Crippen LogP contribution in [0.3, 0.4) is 0 Å². The minimum absolute atomic E-state index is 0.0501. The molecule has 1 unspecified atom stereocenters. The Morgan fingerprint density at radius 2 is 2.50 bits per heavy atom. The summed E-state index contributed by atoms with van der Waals surface area (Å²) in [5.74, 6) is -0.216. The van der Waals surface area contributed by atoms with Crippen molar-refractivity contribution in [2.75, 3.05) is 32.8 Å². The summed E-state index contributed by atoms with van der Waals surface area (Å²) in [6.07, 6.45) is 0. The molecule has 1 atom stereocenters. The second-order valence-corrected chi connectivity index (χ2v) is 2.90. The molecule has 0 spiro atoms. The van der Waals surface area contributed by atoms with Gasteiger partial charge in [0.15, 0.2) is 0 Å². The fourth-order valence-corrected chi connectivity index (χ4v) is 1.14. The van der Waals surface area contributed by atoms with Gasteiger partial charge in [0.1, 0.15) is 6.61 Å². The summed E-state index contributed by atoms with van der Waals surface area (Å²) in [6.45, 7) is 1.92. The maximum atomic E-state index is 10.8. The Bertz CT molecular complexity index is 163. The zero-order valence-corrected chi connectivity index (χ0v) is 6.90. The van der Waals surface area contributed by atoms with Crippen LogP contribution in [0, 0.1) is 0 Å². The van der Waals surface area contributed by atoms with Crippen molar-refractivity contribution in [1.82, 2.24) is 4.90 Å². The summed E-state index contributed by atoms with van der Waals surface area (Å²) in [7, 11) is 0. The van der Waals surface area contributed by atoms with Crippen LogP contribution in [0.2, 0.25) is 0 Å². The van der Waals surface area contributed by atoms with Gasteiger partial charge < -0.3 is 15.6 Å². The Morgan fingerprint density at radius 3 is 3.08 bits per heavy atom. The van der Waals surface area contributed by atoms with E-state index >= 15 is 0 Å². The number of carbonyl (C=O) groups is 1. The van der Waals surface area contributed by atoms with Gasteiger partial charge in [0.25, 0.3) is 0 Å². The minimum Gasteiger partial charge on any atom is -0.463 e. The number of carbonyl (C=O) groups excluding carboxylic acids is 1. The first-order valence-electron chi connectivity index (χ1n) is 3.97. The van der Waals surface area contributed by atoms with Gasteiger partial charge in [-0.1, -0.05) is 0 Å². The molecule has 0 amide bonds. The summed E-state index contributed by atoms with van der Waals surface area (Å²) in [4.78, 5) is 12.7. The van der Waals surface area contributed by atoms with Crippen molar-refractivity contribution in [3.05, 3.63) is 0 Å². The van der Waals surface area contributed by atoms with Crippen LogP contribution < -0.4 is 5.73 Å². The lowest BCUT2D eigenvalue weighted by molar-refractivity contribution is -0.150. The Kier molecular flexibility index (Phi) is 3.46. The van der Waals surface area contributed by atoms with Crippen LogP contribution in [0.5, 0.6) is 0 Å². The number of rotatable bonds is 3. The van der Waals surface area contributed by atoms with Gasteiger partial charge in [-0.05, 0) is 0 Å². The van der Waals surface area contributed by atoms with E-state index in [1.807, 2.05) is 4.90 Å². The van der Waals surface area contributed by atoms with Gasteiger partial charge in [0.2, 0.25) is 0 Å². The van der Waals surface area contributed by atoms with Gasteiger partial charge in [-0.15, -0.1) is 0 Å². The number of aliphatic hydroxyl groups is 1. The first-order valence-corrected chi connectivity index (χ1v) is 3.97. The molecule has 0 aromatic rings. The summed E-state index contributed by atoms with van der Waals surface area (Å²) in [6, 6.07) is -0.268. The van der Waals surface area contributed by atoms with Gasteiger partial charge in [-0.25, -0.2) is 0 Å². The Balaban J connectivity index is 2.27. The van der Waals surface area contributed by atoms with Crippen molar-refractivity contribution in [2.45, 2.75) is 6.04 Å². The van der Waals surface area contributed by atoms with E-state index in [0.717, 1.165) is 0 Å². The predicted molar refractivity (Wildman–Crippen MR) is 42.5 cm³/mol. The van der Waals surface area contributed by atoms with Crippen molar-refractivity contribution in [3.63, 3.8) is 0 Å². The molecule has 0 aliphatic carbocycles. The van der Waals surface area contributed by atoms with Gasteiger partial charge in [-0.3, -0.25) is 9.69 Å². The first kappa shape index (κ1) is 9.44. The molecule has 1 fully saturated rings. The molecule has 5 nitrogen and oxygen atoms in total. The molecule has 1 saturated heterocycles. The second-order valence-electron chi connectivity index (χ2n) is 2.90. The molecule has 1 rings (SSSR count). The highest BCUT2D eigenvalue weighted by molar-refractivity contribution is 5.72. The van der Waals surface area contributed by atoms with Crippen LogP contribution >= 0.6 is 0 Å². The molecule has 1 aliphatic heterocycles. The number of morpholine rings is 1. The van der Waals surface area contributed by atoms with E-state index in [2.05, 4.69) is 0 Å². The molecule has 5 heteroatoms. The normalized spacial score (nSPS) is 22.0. The van der Waals surface area contributed by atoms with Crippen molar-refractivity contribution < 1.29 is 14.6 Å². The zero-order chi connectivity index (χ0) is 8.97. The zero-order valence-electron chi connectivity index (χ0n) is 6.90. The third kappa shape index (κ3) is 2.77. The molecule has 0 saturated carbocycles. The van der Waals surface area contributed by atoms with Crippen LogP contribution in [0.15, 0.2) is 0 Å². The van der Waals surface area contributed by atoms with Gasteiger partial charge in [-0.2, -0.15) is 0 Å². The van der Waals surface area contributed by atoms with Gasteiger partial charge >= 0.3 is 5.97 Å². The number of esters is 1. The third-order valence-electron chi connectivity index (χ3n) is 1.75. The van der Waals surface area contributed by atoms with Crippen molar-refractivity contribution in [1.29, 1.82) is 0 Å². The molecule has 70 valence electrons. The highest BCUT2D eigenvalue weighted by Gasteiger charge is 2.19. The molecule has 1 aliphatic rings. The Morgan fingerprint density at radius 1 is 1.75 bits per heavy atom. The van der Waals surface area contributed by atoms with Crippen molar-refractivity contribution in [3.8, 4) is 0 Å². The molecule has 0 aromatic heterocycles. The van der Waals surface area contributed by atoms with Gasteiger partial charge in [0, 0.05) is 19.1 Å². The third-order valence-corrected chi connectivity index (χ3v) is 1.75. The summed E-state index contributed by atoms with van der Waals surface area (Å²) in [5.41, 5.74) is 5.51.